The molecule has 0 amide bonds. The molecular formula is C26H28FN7. The van der Waals surface area contributed by atoms with E-state index in [9.17, 15) is 4.39 Å². The van der Waals surface area contributed by atoms with Crippen LogP contribution >= 0.6 is 0 Å². The van der Waals surface area contributed by atoms with Crippen LogP contribution in [-0.4, -0.2) is 66.5 Å². The molecule has 2 atom stereocenters. The Hall–Kier alpha value is -3.23. The van der Waals surface area contributed by atoms with E-state index in [1.54, 1.807) is 6.20 Å². The van der Waals surface area contributed by atoms with Gasteiger partial charge in [0.2, 0.25) is 0 Å². The van der Waals surface area contributed by atoms with Crippen molar-refractivity contribution >= 4 is 11.2 Å². The molecule has 2 bridgehead atoms. The SMILES string of the molecule is Cc1nc(C)c2nc(-c3cncc(F)c3)n(Cc3ccc(CN4CCN5CCC4C5)cc3)c2n1. The highest BCUT2D eigenvalue weighted by Crippen LogP contribution is 2.27. The van der Waals surface area contributed by atoms with E-state index in [0.29, 0.717) is 29.8 Å². The number of pyridine rings is 1. The van der Waals surface area contributed by atoms with Gasteiger partial charge in [0.1, 0.15) is 23.0 Å². The summed E-state index contributed by atoms with van der Waals surface area (Å²) >= 11 is 0. The van der Waals surface area contributed by atoms with Gasteiger partial charge in [-0.25, -0.2) is 19.3 Å². The average Bonchev–Trinajstić information content (AvgIpc) is 3.38. The molecule has 2 saturated heterocycles. The summed E-state index contributed by atoms with van der Waals surface area (Å²) in [6, 6.07) is 11.0. The third kappa shape index (κ3) is 3.97. The maximum atomic E-state index is 14.0. The molecule has 0 saturated carbocycles. The molecule has 6 rings (SSSR count). The third-order valence-electron chi connectivity index (χ3n) is 7.06. The highest BCUT2D eigenvalue weighted by atomic mass is 19.1. The highest BCUT2D eigenvalue weighted by Gasteiger charge is 2.32. The van der Waals surface area contributed by atoms with Crippen molar-refractivity contribution in [1.29, 1.82) is 0 Å². The number of halogens is 1. The van der Waals surface area contributed by atoms with Crippen molar-refractivity contribution in [2.75, 3.05) is 26.2 Å². The van der Waals surface area contributed by atoms with E-state index >= 15 is 0 Å². The molecule has 0 spiro atoms. The van der Waals surface area contributed by atoms with Crippen LogP contribution in [0.25, 0.3) is 22.6 Å². The van der Waals surface area contributed by atoms with Crippen LogP contribution in [-0.2, 0) is 13.1 Å². The van der Waals surface area contributed by atoms with E-state index in [1.807, 2.05) is 18.4 Å². The van der Waals surface area contributed by atoms with Crippen LogP contribution in [0.1, 0.15) is 29.1 Å². The summed E-state index contributed by atoms with van der Waals surface area (Å²) in [5.74, 6) is 0.952. The molecule has 5 heterocycles. The molecular weight excluding hydrogens is 429 g/mol. The topological polar surface area (TPSA) is 63.0 Å². The largest absolute Gasteiger partial charge is 0.304 e. The van der Waals surface area contributed by atoms with E-state index in [2.05, 4.69) is 49.0 Å². The minimum absolute atomic E-state index is 0.387. The molecule has 3 aromatic heterocycles. The number of aryl methyl sites for hydroxylation is 2. The van der Waals surface area contributed by atoms with Gasteiger partial charge in [0.05, 0.1) is 18.4 Å². The van der Waals surface area contributed by atoms with Gasteiger partial charge in [-0.05, 0) is 44.0 Å². The van der Waals surface area contributed by atoms with Crippen LogP contribution in [0.4, 0.5) is 4.39 Å². The third-order valence-corrected chi connectivity index (χ3v) is 7.06. The van der Waals surface area contributed by atoms with Gasteiger partial charge in [0.15, 0.2) is 5.65 Å². The van der Waals surface area contributed by atoms with Gasteiger partial charge in [0.25, 0.3) is 0 Å². The molecule has 7 nitrogen and oxygen atoms in total. The second-order valence-electron chi connectivity index (χ2n) is 9.47. The monoisotopic (exact) mass is 457 g/mol. The van der Waals surface area contributed by atoms with E-state index in [1.165, 1.54) is 43.9 Å². The van der Waals surface area contributed by atoms with Crippen molar-refractivity contribution in [2.45, 2.75) is 39.4 Å². The fourth-order valence-electron chi connectivity index (χ4n) is 5.32. The first kappa shape index (κ1) is 21.3. The lowest BCUT2D eigenvalue weighted by atomic mass is 10.1. The highest BCUT2D eigenvalue weighted by molar-refractivity contribution is 5.79. The van der Waals surface area contributed by atoms with E-state index in [4.69, 9.17) is 4.98 Å². The lowest BCUT2D eigenvalue weighted by Crippen LogP contribution is -2.46. The Morgan fingerprint density at radius 1 is 0.941 bits per heavy atom. The lowest BCUT2D eigenvalue weighted by Gasteiger charge is -2.34. The van der Waals surface area contributed by atoms with Crippen molar-refractivity contribution in [2.24, 2.45) is 0 Å². The Bertz CT molecular complexity index is 1350. The first-order chi connectivity index (χ1) is 16.5. The van der Waals surface area contributed by atoms with Crippen LogP contribution < -0.4 is 0 Å². The maximum Gasteiger partial charge on any atom is 0.164 e. The second kappa shape index (κ2) is 8.52. The number of piperazine rings is 1. The summed E-state index contributed by atoms with van der Waals surface area (Å²) in [6.45, 7) is 10.2. The molecule has 34 heavy (non-hydrogen) atoms. The molecule has 0 aliphatic carbocycles. The average molecular weight is 458 g/mol. The first-order valence-corrected chi connectivity index (χ1v) is 11.9. The summed E-state index contributed by atoms with van der Waals surface area (Å²) in [6.07, 6.45) is 4.13. The van der Waals surface area contributed by atoms with Crippen LogP contribution in [0.2, 0.25) is 0 Å². The number of nitrogens with zero attached hydrogens (tertiary/aromatic N) is 7. The Balaban J connectivity index is 1.31. The zero-order chi connectivity index (χ0) is 23.2. The molecule has 174 valence electrons. The summed E-state index contributed by atoms with van der Waals surface area (Å²) in [7, 11) is 0. The summed E-state index contributed by atoms with van der Waals surface area (Å²) in [4.78, 5) is 23.2. The van der Waals surface area contributed by atoms with E-state index in [-0.39, 0.29) is 5.82 Å². The number of hydrogen-bond acceptors (Lipinski definition) is 6. The first-order valence-electron chi connectivity index (χ1n) is 11.9. The second-order valence-corrected chi connectivity index (χ2v) is 9.47. The van der Waals surface area contributed by atoms with Crippen LogP contribution in [0.5, 0.6) is 0 Å². The molecule has 1 aromatic carbocycles. The number of rotatable bonds is 5. The Morgan fingerprint density at radius 2 is 1.74 bits per heavy atom. The van der Waals surface area contributed by atoms with Gasteiger partial charge in [-0.2, -0.15) is 0 Å². The predicted octanol–water partition coefficient (Wildman–Crippen LogP) is 3.58. The Labute approximate surface area is 198 Å². The van der Waals surface area contributed by atoms with Gasteiger partial charge in [-0.1, -0.05) is 24.3 Å². The molecule has 2 fully saturated rings. The smallest absolute Gasteiger partial charge is 0.164 e. The van der Waals surface area contributed by atoms with E-state index in [0.717, 1.165) is 35.5 Å². The molecule has 4 aromatic rings. The molecule has 2 aliphatic heterocycles. The molecule has 0 N–H and O–H groups in total. The Morgan fingerprint density at radius 3 is 2.53 bits per heavy atom. The fourth-order valence-corrected chi connectivity index (χ4v) is 5.32. The van der Waals surface area contributed by atoms with Crippen molar-refractivity contribution in [1.82, 2.24) is 34.3 Å². The van der Waals surface area contributed by atoms with Crippen molar-refractivity contribution in [3.05, 3.63) is 71.2 Å². The zero-order valence-corrected chi connectivity index (χ0v) is 19.6. The van der Waals surface area contributed by atoms with E-state index < -0.39 is 0 Å². The number of benzene rings is 1. The predicted molar refractivity (Wildman–Crippen MR) is 129 cm³/mol. The number of aromatic nitrogens is 5. The van der Waals surface area contributed by atoms with Gasteiger partial charge >= 0.3 is 0 Å². The molecule has 0 radical (unpaired) electrons. The summed E-state index contributed by atoms with van der Waals surface area (Å²) in [5, 5.41) is 0. The van der Waals surface area contributed by atoms with Gasteiger partial charge in [-0.15, -0.1) is 0 Å². The minimum Gasteiger partial charge on any atom is -0.304 e. The number of imidazole rings is 1. The lowest BCUT2D eigenvalue weighted by molar-refractivity contribution is 0.128. The maximum absolute atomic E-state index is 14.0. The fraction of sp³-hybridized carbons (Fsp3) is 0.385. The van der Waals surface area contributed by atoms with Crippen LogP contribution in [0.15, 0.2) is 42.7 Å². The quantitative estimate of drug-likeness (QED) is 0.457. The van der Waals surface area contributed by atoms with Crippen LogP contribution in [0.3, 0.4) is 0 Å². The zero-order valence-electron chi connectivity index (χ0n) is 19.6. The van der Waals surface area contributed by atoms with Gasteiger partial charge in [0, 0.05) is 44.0 Å². The minimum atomic E-state index is -0.387. The normalized spacial score (nSPS) is 20.3. The Kier molecular flexibility index (Phi) is 5.34. The molecule has 2 unspecified atom stereocenters. The molecule has 8 heteroatoms. The van der Waals surface area contributed by atoms with Crippen molar-refractivity contribution in [3.63, 3.8) is 0 Å². The van der Waals surface area contributed by atoms with Crippen molar-refractivity contribution in [3.8, 4) is 11.4 Å². The van der Waals surface area contributed by atoms with Gasteiger partial charge in [-0.3, -0.25) is 9.88 Å². The van der Waals surface area contributed by atoms with Crippen molar-refractivity contribution < 1.29 is 4.39 Å². The van der Waals surface area contributed by atoms with Crippen LogP contribution in [0, 0.1) is 19.7 Å². The number of hydrogen-bond donors (Lipinski definition) is 0. The summed E-state index contributed by atoms with van der Waals surface area (Å²) in [5.41, 5.74) is 5.41. The number of fused-ring (bicyclic) bond motifs is 3. The van der Waals surface area contributed by atoms with Gasteiger partial charge < -0.3 is 9.47 Å². The standard InChI is InChI=1S/C26H28FN7/c1-17-24-26(30-18(2)29-17)34(25(31-24)21-11-22(27)13-28-12-21)15-20-5-3-19(4-6-20)14-33-10-9-32-8-7-23(33)16-32/h3-6,11-13,23H,7-10,14-16H2,1-2H3. The molecule has 2 aliphatic rings. The summed E-state index contributed by atoms with van der Waals surface area (Å²) < 4.78 is 16.0.